The van der Waals surface area contributed by atoms with Crippen LogP contribution in [0.25, 0.3) is 0 Å². The SMILES string of the molecule is CNC(=O)c1cccc(NC(=O)COc2ccc(Br)cc2Cl)c1. The van der Waals surface area contributed by atoms with E-state index in [0.29, 0.717) is 22.0 Å². The average molecular weight is 398 g/mol. The number of ether oxygens (including phenoxy) is 1. The number of nitrogens with one attached hydrogen (secondary N) is 2. The molecule has 2 rings (SSSR count). The van der Waals surface area contributed by atoms with Crippen molar-refractivity contribution in [2.24, 2.45) is 0 Å². The Kier molecular flexibility index (Phi) is 6.01. The Morgan fingerprint density at radius 3 is 2.70 bits per heavy atom. The Balaban J connectivity index is 1.96. The number of hydrogen-bond donors (Lipinski definition) is 2. The molecule has 5 nitrogen and oxygen atoms in total. The molecule has 0 aliphatic rings. The Morgan fingerprint density at radius 2 is 2.00 bits per heavy atom. The van der Waals surface area contributed by atoms with Crippen LogP contribution < -0.4 is 15.4 Å². The maximum atomic E-state index is 11.9. The van der Waals surface area contributed by atoms with E-state index < -0.39 is 0 Å². The number of carbonyl (C=O) groups is 2. The van der Waals surface area contributed by atoms with Crippen molar-refractivity contribution >= 4 is 45.0 Å². The van der Waals surface area contributed by atoms with Gasteiger partial charge in [-0.3, -0.25) is 9.59 Å². The topological polar surface area (TPSA) is 67.4 Å². The Hall–Kier alpha value is -2.05. The molecule has 2 N–H and O–H groups in total. The summed E-state index contributed by atoms with van der Waals surface area (Å²) in [5.74, 6) is -0.152. The summed E-state index contributed by atoms with van der Waals surface area (Å²) in [5.41, 5.74) is 0.976. The highest BCUT2D eigenvalue weighted by Gasteiger charge is 2.09. The summed E-state index contributed by atoms with van der Waals surface area (Å²) in [4.78, 5) is 23.5. The van der Waals surface area contributed by atoms with Crippen LogP contribution in [0.2, 0.25) is 5.02 Å². The number of amides is 2. The van der Waals surface area contributed by atoms with Gasteiger partial charge in [0.1, 0.15) is 5.75 Å². The van der Waals surface area contributed by atoms with Gasteiger partial charge < -0.3 is 15.4 Å². The molecule has 0 fully saturated rings. The molecule has 0 aliphatic carbocycles. The summed E-state index contributed by atoms with van der Waals surface area (Å²) in [6.07, 6.45) is 0. The van der Waals surface area contributed by atoms with E-state index >= 15 is 0 Å². The molecule has 23 heavy (non-hydrogen) atoms. The number of carbonyl (C=O) groups excluding carboxylic acids is 2. The first-order chi connectivity index (χ1) is 11.0. The molecule has 7 heteroatoms. The summed E-state index contributed by atoms with van der Waals surface area (Å²) in [6.45, 7) is -0.189. The van der Waals surface area contributed by atoms with E-state index in [1.807, 2.05) is 0 Å². The fourth-order valence-corrected chi connectivity index (χ4v) is 2.54. The zero-order valence-electron chi connectivity index (χ0n) is 12.2. The second-order valence-electron chi connectivity index (χ2n) is 4.57. The van der Waals surface area contributed by atoms with Gasteiger partial charge in [-0.2, -0.15) is 0 Å². The van der Waals surface area contributed by atoms with Gasteiger partial charge in [0.25, 0.3) is 11.8 Å². The third kappa shape index (κ3) is 4.97. The molecule has 0 saturated heterocycles. The predicted octanol–water partition coefficient (Wildman–Crippen LogP) is 3.48. The average Bonchev–Trinajstić information content (AvgIpc) is 2.53. The Morgan fingerprint density at radius 1 is 1.22 bits per heavy atom. The van der Waals surface area contributed by atoms with Crippen LogP contribution in [0.3, 0.4) is 0 Å². The van der Waals surface area contributed by atoms with E-state index in [9.17, 15) is 9.59 Å². The first-order valence-electron chi connectivity index (χ1n) is 6.69. The van der Waals surface area contributed by atoms with Crippen molar-refractivity contribution < 1.29 is 14.3 Å². The summed E-state index contributed by atoms with van der Waals surface area (Å²) in [6, 6.07) is 11.7. The largest absolute Gasteiger partial charge is 0.482 e. The molecule has 0 spiro atoms. The van der Waals surface area contributed by atoms with E-state index in [2.05, 4.69) is 26.6 Å². The van der Waals surface area contributed by atoms with Crippen molar-refractivity contribution in [3.05, 3.63) is 57.5 Å². The minimum absolute atomic E-state index is 0.189. The van der Waals surface area contributed by atoms with Crippen molar-refractivity contribution in [1.82, 2.24) is 5.32 Å². The molecule has 2 amide bonds. The van der Waals surface area contributed by atoms with Crippen LogP contribution in [0.4, 0.5) is 5.69 Å². The van der Waals surface area contributed by atoms with Crippen molar-refractivity contribution in [2.45, 2.75) is 0 Å². The first-order valence-corrected chi connectivity index (χ1v) is 7.86. The smallest absolute Gasteiger partial charge is 0.262 e. The van der Waals surface area contributed by atoms with E-state index in [1.54, 1.807) is 49.5 Å². The second-order valence-corrected chi connectivity index (χ2v) is 5.89. The van der Waals surface area contributed by atoms with Crippen molar-refractivity contribution in [3.63, 3.8) is 0 Å². The standard InChI is InChI=1S/C16H14BrClN2O3/c1-19-16(22)10-3-2-4-12(7-10)20-15(21)9-23-14-6-5-11(17)8-13(14)18/h2-8H,9H2,1H3,(H,19,22)(H,20,21). The van der Waals surface area contributed by atoms with E-state index in [1.165, 1.54) is 0 Å². The van der Waals surface area contributed by atoms with Crippen LogP contribution >= 0.6 is 27.5 Å². The monoisotopic (exact) mass is 396 g/mol. The molecule has 2 aromatic rings. The van der Waals surface area contributed by atoms with Gasteiger partial charge in [-0.15, -0.1) is 0 Å². The predicted molar refractivity (Wildman–Crippen MR) is 93.1 cm³/mol. The molecule has 0 aliphatic heterocycles. The van der Waals surface area contributed by atoms with Crippen molar-refractivity contribution in [2.75, 3.05) is 19.0 Å². The summed E-state index contributed by atoms with van der Waals surface area (Å²) in [5, 5.41) is 5.60. The quantitative estimate of drug-likeness (QED) is 0.812. The van der Waals surface area contributed by atoms with Crippen LogP contribution in [-0.2, 0) is 4.79 Å². The van der Waals surface area contributed by atoms with E-state index in [0.717, 1.165) is 4.47 Å². The molecule has 0 saturated carbocycles. The van der Waals surface area contributed by atoms with Crippen molar-refractivity contribution in [1.29, 1.82) is 0 Å². The molecule has 120 valence electrons. The molecule has 2 aromatic carbocycles. The highest BCUT2D eigenvalue weighted by atomic mass is 79.9. The van der Waals surface area contributed by atoms with Crippen LogP contribution in [0.1, 0.15) is 10.4 Å². The van der Waals surface area contributed by atoms with Gasteiger partial charge in [-0.05, 0) is 36.4 Å². The van der Waals surface area contributed by atoms with E-state index in [-0.39, 0.29) is 18.4 Å². The fourth-order valence-electron chi connectivity index (χ4n) is 1.82. The minimum Gasteiger partial charge on any atom is -0.482 e. The third-order valence-electron chi connectivity index (χ3n) is 2.89. The van der Waals surface area contributed by atoms with E-state index in [4.69, 9.17) is 16.3 Å². The Labute approximate surface area is 147 Å². The first kappa shape index (κ1) is 17.3. The number of anilines is 1. The summed E-state index contributed by atoms with van der Waals surface area (Å²) < 4.78 is 6.20. The lowest BCUT2D eigenvalue weighted by molar-refractivity contribution is -0.118. The van der Waals surface area contributed by atoms with Gasteiger partial charge in [0.05, 0.1) is 5.02 Å². The minimum atomic E-state index is -0.349. The maximum Gasteiger partial charge on any atom is 0.262 e. The number of benzene rings is 2. The maximum absolute atomic E-state index is 11.9. The van der Waals surface area contributed by atoms with Gasteiger partial charge >= 0.3 is 0 Å². The molecule has 0 unspecified atom stereocenters. The Bertz CT molecular complexity index is 737. The number of halogens is 2. The van der Waals surface area contributed by atoms with Gasteiger partial charge in [-0.25, -0.2) is 0 Å². The highest BCUT2D eigenvalue weighted by Crippen LogP contribution is 2.27. The van der Waals surface area contributed by atoms with Gasteiger partial charge in [0.15, 0.2) is 6.61 Å². The normalized spacial score (nSPS) is 10.0. The molecule has 0 bridgehead atoms. The van der Waals surface area contributed by atoms with Crippen molar-refractivity contribution in [3.8, 4) is 5.75 Å². The second kappa shape index (κ2) is 7.99. The van der Waals surface area contributed by atoms with Gasteiger partial charge in [-0.1, -0.05) is 33.6 Å². The molecular formula is C16H14BrClN2O3. The lowest BCUT2D eigenvalue weighted by Gasteiger charge is -2.09. The number of hydrogen-bond acceptors (Lipinski definition) is 3. The summed E-state index contributed by atoms with van der Waals surface area (Å²) in [7, 11) is 1.55. The zero-order valence-corrected chi connectivity index (χ0v) is 14.6. The van der Waals surface area contributed by atoms with Crippen LogP contribution in [0.5, 0.6) is 5.75 Å². The summed E-state index contributed by atoms with van der Waals surface area (Å²) >= 11 is 9.31. The molecule has 0 atom stereocenters. The van der Waals surface area contributed by atoms with Crippen LogP contribution in [-0.4, -0.2) is 25.5 Å². The fraction of sp³-hybridized carbons (Fsp3) is 0.125. The third-order valence-corrected chi connectivity index (χ3v) is 3.68. The molecular weight excluding hydrogens is 384 g/mol. The van der Waals surface area contributed by atoms with Gasteiger partial charge in [0, 0.05) is 22.8 Å². The van der Waals surface area contributed by atoms with Crippen LogP contribution in [0, 0.1) is 0 Å². The molecule has 0 aromatic heterocycles. The zero-order chi connectivity index (χ0) is 16.8. The number of rotatable bonds is 5. The highest BCUT2D eigenvalue weighted by molar-refractivity contribution is 9.10. The lowest BCUT2D eigenvalue weighted by atomic mass is 10.2. The van der Waals surface area contributed by atoms with Crippen LogP contribution in [0.15, 0.2) is 46.9 Å². The van der Waals surface area contributed by atoms with Gasteiger partial charge in [0.2, 0.25) is 0 Å². The lowest BCUT2D eigenvalue weighted by Crippen LogP contribution is -2.21. The molecule has 0 radical (unpaired) electrons. The molecule has 0 heterocycles.